The fourth-order valence-electron chi connectivity index (χ4n) is 4.32. The largest absolute Gasteiger partial charge is 0.192 e. The van der Waals surface area contributed by atoms with E-state index in [-0.39, 0.29) is 0 Å². The molecule has 0 heterocycles. The van der Waals surface area contributed by atoms with E-state index >= 15 is 0 Å². The Morgan fingerprint density at radius 3 is 1.85 bits per heavy atom. The molecule has 134 valence electrons. The predicted octanol–water partition coefficient (Wildman–Crippen LogP) is 8.08. The van der Waals surface area contributed by atoms with Crippen LogP contribution in [0.4, 0.5) is 5.69 Å². The summed E-state index contributed by atoms with van der Waals surface area (Å²) in [7, 11) is 0. The summed E-state index contributed by atoms with van der Waals surface area (Å²) in [6.07, 6.45) is 8.44. The van der Waals surface area contributed by atoms with Crippen LogP contribution in [-0.2, 0) is 0 Å². The molecule has 4 rings (SSSR count). The molecule has 0 saturated heterocycles. The quantitative estimate of drug-likeness (QED) is 0.372. The average Bonchev–Trinajstić information content (AvgIpc) is 3.50. The molecule has 0 amide bonds. The lowest BCUT2D eigenvalue weighted by atomic mass is 9.77. The van der Waals surface area contributed by atoms with Crippen molar-refractivity contribution in [2.24, 2.45) is 16.8 Å². The first kappa shape index (κ1) is 18.2. The molecule has 1 nitrogen and oxygen atoms in total. The van der Waals surface area contributed by atoms with Crippen LogP contribution in [0.25, 0.3) is 11.1 Å². The van der Waals surface area contributed by atoms with Crippen molar-refractivity contribution in [1.29, 1.82) is 0 Å². The zero-order valence-corrected chi connectivity index (χ0v) is 16.9. The molecule has 2 aromatic rings. The van der Waals surface area contributed by atoms with Crippen molar-refractivity contribution in [2.75, 3.05) is 0 Å². The van der Waals surface area contributed by atoms with Crippen molar-refractivity contribution in [3.63, 3.8) is 0 Å². The molecule has 0 aromatic heterocycles. The third-order valence-electron chi connectivity index (χ3n) is 5.95. The van der Waals surface area contributed by atoms with E-state index in [2.05, 4.69) is 46.6 Å². The van der Waals surface area contributed by atoms with Gasteiger partial charge in [0.05, 0.1) is 15.2 Å². The maximum Gasteiger partial charge on any atom is 0.111 e. The van der Waals surface area contributed by atoms with Gasteiger partial charge in [0.25, 0.3) is 0 Å². The first-order valence-electron chi connectivity index (χ1n) is 9.33. The summed E-state index contributed by atoms with van der Waals surface area (Å²) in [6.45, 7) is 0. The first-order chi connectivity index (χ1) is 12.7. The van der Waals surface area contributed by atoms with Crippen molar-refractivity contribution >= 4 is 46.3 Å². The number of hydrogen-bond acceptors (Lipinski definition) is 2. The number of thiocarbonyl (C=S) groups is 1. The standard InChI is InChI=1S/C22H21Cl2NS/c23-20-11-19(12-21(24)22(20)25-13-26)18-9-7-17(8-10-18)16-5-3-15(4-6-16)14-1-2-14/h7-12,14-16H,1-6H2. The van der Waals surface area contributed by atoms with Crippen LogP contribution in [0, 0.1) is 11.8 Å². The second-order valence-corrected chi connectivity index (χ2v) is 8.56. The number of hydrogen-bond donors (Lipinski definition) is 0. The highest BCUT2D eigenvalue weighted by molar-refractivity contribution is 7.78. The summed E-state index contributed by atoms with van der Waals surface area (Å²) in [6, 6.07) is 12.6. The Balaban J connectivity index is 1.50. The summed E-state index contributed by atoms with van der Waals surface area (Å²) in [5.74, 6) is 2.77. The van der Waals surface area contributed by atoms with Crippen molar-refractivity contribution in [2.45, 2.75) is 44.4 Å². The van der Waals surface area contributed by atoms with E-state index in [1.165, 1.54) is 44.1 Å². The molecule has 26 heavy (non-hydrogen) atoms. The van der Waals surface area contributed by atoms with Gasteiger partial charge in [-0.05, 0) is 97.3 Å². The third kappa shape index (κ3) is 3.89. The SMILES string of the molecule is S=C=Nc1c(Cl)cc(-c2ccc(C3CCC(C4CC4)CC3)cc2)cc1Cl. The van der Waals surface area contributed by atoms with Crippen molar-refractivity contribution in [3.8, 4) is 11.1 Å². The van der Waals surface area contributed by atoms with Crippen LogP contribution in [0.1, 0.15) is 50.0 Å². The van der Waals surface area contributed by atoms with Gasteiger partial charge in [-0.2, -0.15) is 4.99 Å². The predicted molar refractivity (Wildman–Crippen MR) is 114 cm³/mol. The normalized spacial score (nSPS) is 22.7. The van der Waals surface area contributed by atoms with Crippen LogP contribution < -0.4 is 0 Å². The van der Waals surface area contributed by atoms with E-state index < -0.39 is 0 Å². The second-order valence-electron chi connectivity index (χ2n) is 7.56. The van der Waals surface area contributed by atoms with Crippen LogP contribution in [0.15, 0.2) is 41.4 Å². The molecule has 2 aromatic carbocycles. The maximum absolute atomic E-state index is 6.30. The van der Waals surface area contributed by atoms with Crippen LogP contribution in [-0.4, -0.2) is 5.16 Å². The Bertz CT molecular complexity index is 820. The molecule has 2 aliphatic rings. The molecule has 2 saturated carbocycles. The number of nitrogens with zero attached hydrogens (tertiary/aromatic N) is 1. The molecule has 0 unspecified atom stereocenters. The molecule has 0 spiro atoms. The van der Waals surface area contributed by atoms with Crippen molar-refractivity contribution in [1.82, 2.24) is 0 Å². The van der Waals surface area contributed by atoms with Gasteiger partial charge in [0.15, 0.2) is 0 Å². The molecule has 0 N–H and O–H groups in total. The molecular weight excluding hydrogens is 381 g/mol. The van der Waals surface area contributed by atoms with Gasteiger partial charge in [0.2, 0.25) is 0 Å². The lowest BCUT2D eigenvalue weighted by molar-refractivity contribution is 0.296. The Labute approximate surface area is 170 Å². The van der Waals surface area contributed by atoms with Gasteiger partial charge in [-0.15, -0.1) is 0 Å². The van der Waals surface area contributed by atoms with Gasteiger partial charge in [0, 0.05) is 0 Å². The topological polar surface area (TPSA) is 12.4 Å². The van der Waals surface area contributed by atoms with Gasteiger partial charge < -0.3 is 0 Å². The highest BCUT2D eigenvalue weighted by Crippen LogP contribution is 2.47. The average molecular weight is 402 g/mol. The lowest BCUT2D eigenvalue weighted by Crippen LogP contribution is -2.14. The van der Waals surface area contributed by atoms with Crippen LogP contribution in [0.5, 0.6) is 0 Å². The highest BCUT2D eigenvalue weighted by Gasteiger charge is 2.34. The molecule has 4 heteroatoms. The molecule has 0 bridgehead atoms. The monoisotopic (exact) mass is 401 g/mol. The van der Waals surface area contributed by atoms with Gasteiger partial charge in [-0.25, -0.2) is 0 Å². The van der Waals surface area contributed by atoms with Crippen molar-refractivity contribution in [3.05, 3.63) is 52.0 Å². The first-order valence-corrected chi connectivity index (χ1v) is 10.5. The Hall–Kier alpha value is -1.18. The van der Waals surface area contributed by atoms with Gasteiger partial charge >= 0.3 is 0 Å². The summed E-state index contributed by atoms with van der Waals surface area (Å²) < 4.78 is 0. The summed E-state index contributed by atoms with van der Waals surface area (Å²) >= 11 is 17.2. The Morgan fingerprint density at radius 2 is 1.35 bits per heavy atom. The summed E-state index contributed by atoms with van der Waals surface area (Å²) in [4.78, 5) is 3.94. The van der Waals surface area contributed by atoms with Gasteiger partial charge in [-0.3, -0.25) is 0 Å². The molecule has 2 fully saturated rings. The van der Waals surface area contributed by atoms with E-state index in [4.69, 9.17) is 23.2 Å². The number of halogens is 2. The lowest BCUT2D eigenvalue weighted by Gasteiger charge is -2.29. The van der Waals surface area contributed by atoms with Crippen molar-refractivity contribution < 1.29 is 0 Å². The zero-order chi connectivity index (χ0) is 18.1. The summed E-state index contributed by atoms with van der Waals surface area (Å²) in [5.41, 5.74) is 4.05. The Kier molecular flexibility index (Phi) is 5.47. The molecule has 0 aliphatic heterocycles. The zero-order valence-electron chi connectivity index (χ0n) is 14.6. The number of aliphatic imine (C=N–C) groups is 1. The third-order valence-corrected chi connectivity index (χ3v) is 6.62. The number of isothiocyanates is 1. The highest BCUT2D eigenvalue weighted by atomic mass is 35.5. The van der Waals surface area contributed by atoms with Gasteiger partial charge in [-0.1, -0.05) is 47.5 Å². The smallest absolute Gasteiger partial charge is 0.111 e. The Morgan fingerprint density at radius 1 is 0.808 bits per heavy atom. The minimum Gasteiger partial charge on any atom is -0.192 e. The van der Waals surface area contributed by atoms with E-state index in [1.807, 2.05) is 12.1 Å². The molecule has 0 radical (unpaired) electrons. The van der Waals surface area contributed by atoms with E-state index in [0.717, 1.165) is 23.0 Å². The summed E-state index contributed by atoms with van der Waals surface area (Å²) in [5, 5.41) is 3.31. The molecule has 0 atom stereocenters. The maximum atomic E-state index is 6.30. The van der Waals surface area contributed by atoms with E-state index in [1.54, 1.807) is 0 Å². The fraction of sp³-hybridized carbons (Fsp3) is 0.409. The minimum atomic E-state index is 0.483. The van der Waals surface area contributed by atoms with E-state index in [0.29, 0.717) is 21.7 Å². The van der Waals surface area contributed by atoms with Crippen LogP contribution in [0.2, 0.25) is 10.0 Å². The fourth-order valence-corrected chi connectivity index (χ4v) is 4.99. The number of rotatable bonds is 4. The van der Waals surface area contributed by atoms with Crippen LogP contribution in [0.3, 0.4) is 0 Å². The van der Waals surface area contributed by atoms with E-state index in [9.17, 15) is 0 Å². The minimum absolute atomic E-state index is 0.483. The number of benzene rings is 2. The van der Waals surface area contributed by atoms with Crippen LogP contribution >= 0.6 is 35.4 Å². The molecular formula is C22H21Cl2NS. The second kappa shape index (κ2) is 7.82. The van der Waals surface area contributed by atoms with Gasteiger partial charge in [0.1, 0.15) is 5.69 Å². The molecule has 2 aliphatic carbocycles.